The van der Waals surface area contributed by atoms with Crippen molar-refractivity contribution in [3.63, 3.8) is 0 Å². The molecule has 0 bridgehead atoms. The Morgan fingerprint density at radius 3 is 1.07 bits per heavy atom. The molecule has 622 valence electrons. The van der Waals surface area contributed by atoms with E-state index in [1.807, 2.05) is 36.7 Å². The van der Waals surface area contributed by atoms with Gasteiger partial charge in [-0.25, -0.2) is 75.0 Å². The Balaban J connectivity index is 0.000000116. The second-order valence-corrected chi connectivity index (χ2v) is 29.2. The second kappa shape index (κ2) is 34.3. The number of aryl methyl sites for hydroxylation is 2. The van der Waals surface area contributed by atoms with Crippen LogP contribution < -0.4 is 63.1 Å². The third-order valence-electron chi connectivity index (χ3n) is 21.6. The largest absolute Gasteiger partial charge is 0.493 e. The van der Waals surface area contributed by atoms with Crippen LogP contribution in [0.25, 0.3) is 67.2 Å². The maximum absolute atomic E-state index is 14.5. The summed E-state index contributed by atoms with van der Waals surface area (Å²) < 4.78 is 144. The lowest BCUT2D eigenvalue weighted by Gasteiger charge is -2.14. The number of halogens is 8. The summed E-state index contributed by atoms with van der Waals surface area (Å²) in [5, 5.41) is 17.2. The lowest BCUT2D eigenvalue weighted by atomic mass is 10.0. The fourth-order valence-electron chi connectivity index (χ4n) is 15.6. The van der Waals surface area contributed by atoms with E-state index < -0.39 is 11.6 Å². The number of aromatic nitrogens is 14. The number of hydrogen-bond acceptors (Lipinski definition) is 21. The lowest BCUT2D eigenvalue weighted by molar-refractivity contribution is 0.356. The van der Waals surface area contributed by atoms with Crippen molar-refractivity contribution in [1.29, 1.82) is 0 Å². The van der Waals surface area contributed by atoms with Crippen LogP contribution in [0, 0.1) is 60.4 Å². The van der Waals surface area contributed by atoms with E-state index in [2.05, 4.69) is 66.2 Å². The first-order chi connectivity index (χ1) is 59.3. The molecule has 20 rings (SSSR count). The summed E-state index contributed by atoms with van der Waals surface area (Å²) in [6.07, 6.45) is 16.3. The van der Waals surface area contributed by atoms with Gasteiger partial charge in [0.05, 0.1) is 66.2 Å². The molecule has 4 aliphatic rings. The van der Waals surface area contributed by atoms with Gasteiger partial charge < -0.3 is 63.1 Å². The van der Waals surface area contributed by atoms with Crippen LogP contribution in [0.2, 0.25) is 0 Å². The summed E-state index contributed by atoms with van der Waals surface area (Å²) in [5.74, 6) is 1.67. The van der Waals surface area contributed by atoms with Gasteiger partial charge in [-0.3, -0.25) is 22.3 Å². The van der Waals surface area contributed by atoms with Crippen LogP contribution in [-0.4, -0.2) is 93.7 Å². The molecule has 7 aromatic carbocycles. The number of nitrogens with two attached hydrogens (primary N) is 4. The maximum Gasteiger partial charge on any atom is 0.208 e. The minimum atomic E-state index is -0.698. The third kappa shape index (κ3) is 16.0. The topological polar surface area (TPSA) is 328 Å². The number of nitrogens with one attached hydrogen (secondary N) is 4. The van der Waals surface area contributed by atoms with Crippen molar-refractivity contribution in [3.05, 3.63) is 290 Å². The van der Waals surface area contributed by atoms with Gasteiger partial charge in [-0.2, -0.15) is 5.10 Å². The number of ether oxygens (including phenoxy) is 4. The SMILES string of the molecule is Cc1c(F)cccc1-c1cnc(NCc2c(F)ccc3c2CCO3)n2cc(CN)nc12.Cc1cc(-c2cnc(NCc3c(F)ccc4c3CCO4)n3cc(CN)nc23)n(C)n1.NCc1cn2c(NCc3c(F)ccc4c3CCO4)ncc(-c3cc(F)cc(F)c3)c2n1.NCc1cn2c(NCc3c(F)ccc4c3CCO4)ncc(-c3cccc(F)c3)c2n1. The Kier molecular flexibility index (Phi) is 22.6. The zero-order valence-corrected chi connectivity index (χ0v) is 66.1. The van der Waals surface area contributed by atoms with Crippen LogP contribution in [0.5, 0.6) is 23.0 Å². The molecule has 4 aliphatic heterocycles. The number of fused-ring (bicyclic) bond motifs is 8. The highest BCUT2D eigenvalue weighted by atomic mass is 19.2. The van der Waals surface area contributed by atoms with Crippen molar-refractivity contribution >= 4 is 46.4 Å². The van der Waals surface area contributed by atoms with Crippen molar-refractivity contribution in [2.75, 3.05) is 47.7 Å². The molecule has 0 unspecified atom stereocenters. The summed E-state index contributed by atoms with van der Waals surface area (Å²) in [4.78, 5) is 36.4. The van der Waals surface area contributed by atoms with E-state index in [4.69, 9.17) is 41.9 Å². The number of imidazole rings is 4. The number of nitrogens with zero attached hydrogens (tertiary/aromatic N) is 14. The molecule has 0 radical (unpaired) electrons. The molecule has 0 atom stereocenters. The predicted molar refractivity (Wildman–Crippen MR) is 443 cm³/mol. The highest BCUT2D eigenvalue weighted by molar-refractivity contribution is 5.82. The van der Waals surface area contributed by atoms with Gasteiger partial charge in [-0.15, -0.1) is 0 Å². The van der Waals surface area contributed by atoms with E-state index in [0.29, 0.717) is 190 Å². The Bertz CT molecular complexity index is 6690. The van der Waals surface area contributed by atoms with Gasteiger partial charge >= 0.3 is 0 Å². The molecular weight excluding hydrogens is 1580 g/mol. The van der Waals surface area contributed by atoms with Crippen LogP contribution >= 0.6 is 0 Å². The van der Waals surface area contributed by atoms with Gasteiger partial charge in [-0.1, -0.05) is 24.3 Å². The monoisotopic (exact) mass is 1660 g/mol. The molecule has 34 heteroatoms. The van der Waals surface area contributed by atoms with Gasteiger partial charge in [0, 0.05) is 202 Å². The summed E-state index contributed by atoms with van der Waals surface area (Å²) in [7, 11) is 1.89. The fourth-order valence-corrected chi connectivity index (χ4v) is 15.6. The molecule has 26 nitrogen and oxygen atoms in total. The maximum atomic E-state index is 14.5. The summed E-state index contributed by atoms with van der Waals surface area (Å²) in [6, 6.07) is 28.7. The molecule has 122 heavy (non-hydrogen) atoms. The third-order valence-corrected chi connectivity index (χ3v) is 21.6. The zero-order valence-electron chi connectivity index (χ0n) is 66.1. The van der Waals surface area contributed by atoms with Crippen molar-refractivity contribution in [2.45, 2.75) is 91.9 Å². The standard InChI is InChI=1S/C23H21F2N5O.C22H18F3N5O.C22H19F2N5O.C21H22FN7O/c1-13-15(3-2-4-19(13)24)18-11-28-23(30-12-14(9-26)29-22(18)30)27-10-17-16-7-8-31-21(16)6-5-20(17)25;23-13-5-12(6-14(24)7-13)17-9-27-22(30-11-15(8-26)29-21(17)30)28-10-18-16-3-4-31-20(16)2-1-19(18)25;23-14-3-1-2-13(8-14)17-10-26-22(29-12-15(9-25)28-21(17)29)27-11-18-16-6-7-30-20(16)5-4-19(18)24;1-12-7-18(28(2)27-12)16-10-25-21(29-11-13(8-23)26-20(16)29)24-9-15-14-5-6-30-19(14)4-3-17(15)22/h2-6,11-12H,7-10,26H2,1H3,(H,27,28);1-2,5-7,9,11H,3-4,8,10,26H2,(H,27,28);1-5,8,10,12H,6-7,9,11,25H2,(H,26,27);3-4,7,10-11H,5-6,8-9,23H2,1-2H3,(H,24,25). The van der Waals surface area contributed by atoms with E-state index in [9.17, 15) is 35.1 Å². The first kappa shape index (κ1) is 80.3. The van der Waals surface area contributed by atoms with Crippen LogP contribution in [0.3, 0.4) is 0 Å². The average Bonchev–Trinajstić information content (AvgIpc) is 1.55. The van der Waals surface area contributed by atoms with Crippen LogP contribution in [0.1, 0.15) is 78.5 Å². The van der Waals surface area contributed by atoms with Crippen LogP contribution in [0.4, 0.5) is 58.9 Å². The zero-order chi connectivity index (χ0) is 84.6. The highest BCUT2D eigenvalue weighted by Gasteiger charge is 2.28. The van der Waals surface area contributed by atoms with E-state index in [-0.39, 0.29) is 74.2 Å². The lowest BCUT2D eigenvalue weighted by Crippen LogP contribution is -2.10. The minimum Gasteiger partial charge on any atom is -0.493 e. The molecule has 0 spiro atoms. The molecule has 0 aliphatic carbocycles. The first-order valence-corrected chi connectivity index (χ1v) is 39.2. The second-order valence-electron chi connectivity index (χ2n) is 29.2. The van der Waals surface area contributed by atoms with E-state index in [0.717, 1.165) is 73.9 Å². The van der Waals surface area contributed by atoms with E-state index in [1.165, 1.54) is 60.8 Å². The van der Waals surface area contributed by atoms with Crippen LogP contribution in [-0.2, 0) is 85.1 Å². The molecule has 0 saturated carbocycles. The summed E-state index contributed by atoms with van der Waals surface area (Å²) >= 11 is 0. The van der Waals surface area contributed by atoms with Gasteiger partial charge in [-0.05, 0) is 121 Å². The van der Waals surface area contributed by atoms with Gasteiger partial charge in [0.1, 0.15) is 86.5 Å². The predicted octanol–water partition coefficient (Wildman–Crippen LogP) is 14.1. The van der Waals surface area contributed by atoms with Crippen LogP contribution in [0.15, 0.2) is 165 Å². The molecule has 12 N–H and O–H groups in total. The summed E-state index contributed by atoms with van der Waals surface area (Å²) in [6.45, 7) is 7.83. The molecule has 13 heterocycles. The van der Waals surface area contributed by atoms with E-state index in [1.54, 1.807) is 104 Å². The molecule has 16 aromatic rings. The van der Waals surface area contributed by atoms with Crippen molar-refractivity contribution in [2.24, 2.45) is 30.0 Å². The van der Waals surface area contributed by atoms with Crippen molar-refractivity contribution < 1.29 is 54.1 Å². The first-order valence-electron chi connectivity index (χ1n) is 39.2. The Hall–Kier alpha value is -14.1. The van der Waals surface area contributed by atoms with Gasteiger partial charge in [0.2, 0.25) is 23.8 Å². The Morgan fingerprint density at radius 2 is 0.705 bits per heavy atom. The fraction of sp³-hybridized carbons (Fsp3) is 0.216. The minimum absolute atomic E-state index is 0.177. The molecule has 0 amide bonds. The molecule has 0 fully saturated rings. The highest BCUT2D eigenvalue weighted by Crippen LogP contribution is 2.39. The Labute approximate surface area is 691 Å². The van der Waals surface area contributed by atoms with Crippen molar-refractivity contribution in [1.82, 2.24) is 67.3 Å². The smallest absolute Gasteiger partial charge is 0.208 e. The number of rotatable bonds is 20. The number of benzene rings is 7. The van der Waals surface area contributed by atoms with Gasteiger partial charge in [0.15, 0.2) is 5.65 Å². The summed E-state index contributed by atoms with van der Waals surface area (Å²) in [5.41, 5.74) is 40.6. The van der Waals surface area contributed by atoms with Crippen molar-refractivity contribution in [3.8, 4) is 67.6 Å². The number of anilines is 4. The molecule has 9 aromatic heterocycles. The quantitative estimate of drug-likeness (QED) is 0.0329. The normalized spacial score (nSPS) is 12.8. The molecule has 0 saturated heterocycles. The van der Waals surface area contributed by atoms with Gasteiger partial charge in [0.25, 0.3) is 0 Å². The Morgan fingerprint density at radius 1 is 0.361 bits per heavy atom. The average molecular weight is 1660 g/mol. The number of hydrogen-bond donors (Lipinski definition) is 8. The van der Waals surface area contributed by atoms with E-state index >= 15 is 0 Å². The molecular formula is C88H80F8N22O4.